The average molecular weight is 264 g/mol. The van der Waals surface area contributed by atoms with Crippen molar-refractivity contribution in [1.29, 1.82) is 0 Å². The van der Waals surface area contributed by atoms with E-state index < -0.39 is 17.1 Å². The second-order valence-corrected chi connectivity index (χ2v) is 4.19. The van der Waals surface area contributed by atoms with Crippen LogP contribution in [0.1, 0.15) is 12.5 Å². The van der Waals surface area contributed by atoms with Crippen LogP contribution in [0.25, 0.3) is 0 Å². The molecule has 4 N–H and O–H groups in total. The minimum Gasteiger partial charge on any atom is -0.505 e. The Balaban J connectivity index is 3.31. The van der Waals surface area contributed by atoms with Crippen LogP contribution in [0.15, 0.2) is 16.6 Å². The van der Waals surface area contributed by atoms with E-state index in [0.29, 0.717) is 0 Å². The van der Waals surface area contributed by atoms with E-state index in [1.165, 1.54) is 19.1 Å². The molecule has 0 saturated heterocycles. The molecule has 0 heterocycles. The van der Waals surface area contributed by atoms with E-state index in [4.69, 9.17) is 10.8 Å². The Morgan fingerprint density at radius 2 is 2.14 bits per heavy atom. The Hall–Kier alpha value is -0.650. The molecule has 14 heavy (non-hydrogen) atoms. The minimum atomic E-state index is -1.15. The van der Waals surface area contributed by atoms with Gasteiger partial charge < -0.3 is 15.9 Å². The lowest BCUT2D eigenvalue weighted by Crippen LogP contribution is -2.37. The molecule has 0 fully saturated rings. The highest BCUT2D eigenvalue weighted by Crippen LogP contribution is 2.33. The van der Waals surface area contributed by atoms with Gasteiger partial charge >= 0.3 is 0 Å². The van der Waals surface area contributed by atoms with E-state index in [1.807, 2.05) is 0 Å². The standard InChI is InChI=1S/C9H11BrFNO2/c1-9(12,4-13)5-2-3-6(10)7(11)8(5)14/h2-3,13-14H,4,12H2,1H3. The zero-order chi connectivity index (χ0) is 10.9. The number of benzene rings is 1. The SMILES string of the molecule is CC(N)(CO)c1ccc(Br)c(F)c1O. The minimum absolute atomic E-state index is 0.160. The van der Waals surface area contributed by atoms with Crippen LogP contribution >= 0.6 is 15.9 Å². The third-order valence-corrected chi connectivity index (χ3v) is 2.63. The monoisotopic (exact) mass is 263 g/mol. The summed E-state index contributed by atoms with van der Waals surface area (Å²) in [6.45, 7) is 1.14. The first-order valence-corrected chi connectivity index (χ1v) is 4.76. The van der Waals surface area contributed by atoms with E-state index in [1.54, 1.807) is 0 Å². The molecule has 1 unspecified atom stereocenters. The summed E-state index contributed by atoms with van der Waals surface area (Å²) in [5.74, 6) is -1.30. The number of aromatic hydroxyl groups is 1. The first-order chi connectivity index (χ1) is 6.40. The fraction of sp³-hybridized carbons (Fsp3) is 0.333. The number of aliphatic hydroxyl groups is 1. The number of rotatable bonds is 2. The molecule has 0 aromatic heterocycles. The molecule has 0 saturated carbocycles. The molecule has 0 amide bonds. The summed E-state index contributed by atoms with van der Waals surface area (Å²) in [7, 11) is 0. The van der Waals surface area contributed by atoms with E-state index in [2.05, 4.69) is 15.9 Å². The first kappa shape index (κ1) is 11.4. The van der Waals surface area contributed by atoms with Crippen molar-refractivity contribution in [3.8, 4) is 5.75 Å². The predicted octanol–water partition coefficient (Wildman–Crippen LogP) is 1.46. The average Bonchev–Trinajstić information content (AvgIpc) is 2.14. The molecular formula is C9H11BrFNO2. The van der Waals surface area contributed by atoms with Gasteiger partial charge in [0.1, 0.15) is 0 Å². The Bertz CT molecular complexity index is 355. The number of halogens is 2. The van der Waals surface area contributed by atoms with Gasteiger partial charge in [0.05, 0.1) is 16.6 Å². The third-order valence-electron chi connectivity index (χ3n) is 2.01. The summed E-state index contributed by atoms with van der Waals surface area (Å²) in [6.07, 6.45) is 0. The molecule has 0 aliphatic rings. The summed E-state index contributed by atoms with van der Waals surface area (Å²) in [4.78, 5) is 0. The molecule has 0 bridgehead atoms. The van der Waals surface area contributed by atoms with Gasteiger partial charge in [0, 0.05) is 5.56 Å². The van der Waals surface area contributed by atoms with Crippen LogP contribution in [-0.2, 0) is 5.54 Å². The third kappa shape index (κ3) is 1.89. The molecule has 0 aliphatic heterocycles. The van der Waals surface area contributed by atoms with Crippen molar-refractivity contribution in [1.82, 2.24) is 0 Å². The summed E-state index contributed by atoms with van der Waals surface area (Å²) in [5, 5.41) is 18.4. The molecule has 0 spiro atoms. The van der Waals surface area contributed by atoms with Gasteiger partial charge in [-0.25, -0.2) is 4.39 Å². The van der Waals surface area contributed by atoms with Crippen LogP contribution in [-0.4, -0.2) is 16.8 Å². The highest BCUT2D eigenvalue weighted by Gasteiger charge is 2.26. The van der Waals surface area contributed by atoms with Crippen molar-refractivity contribution in [2.75, 3.05) is 6.61 Å². The van der Waals surface area contributed by atoms with Gasteiger partial charge in [-0.15, -0.1) is 0 Å². The molecule has 1 rings (SSSR count). The lowest BCUT2D eigenvalue weighted by Gasteiger charge is -2.23. The predicted molar refractivity (Wildman–Crippen MR) is 54.4 cm³/mol. The molecule has 0 aliphatic carbocycles. The molecule has 1 aromatic rings. The summed E-state index contributed by atoms with van der Waals surface area (Å²) < 4.78 is 13.4. The first-order valence-electron chi connectivity index (χ1n) is 3.97. The Kier molecular flexibility index (Phi) is 3.14. The van der Waals surface area contributed by atoms with Gasteiger partial charge in [-0.2, -0.15) is 0 Å². The molecular weight excluding hydrogens is 253 g/mol. The van der Waals surface area contributed by atoms with Crippen LogP contribution in [0, 0.1) is 5.82 Å². The summed E-state index contributed by atoms with van der Waals surface area (Å²) in [6, 6.07) is 2.91. The zero-order valence-corrected chi connectivity index (χ0v) is 9.18. The van der Waals surface area contributed by atoms with Crippen LogP contribution in [0.5, 0.6) is 5.75 Å². The van der Waals surface area contributed by atoms with Crippen LogP contribution < -0.4 is 5.73 Å². The Morgan fingerprint density at radius 1 is 1.57 bits per heavy atom. The highest BCUT2D eigenvalue weighted by molar-refractivity contribution is 9.10. The molecule has 78 valence electrons. The topological polar surface area (TPSA) is 66.5 Å². The number of aliphatic hydroxyl groups excluding tert-OH is 1. The van der Waals surface area contributed by atoms with E-state index in [-0.39, 0.29) is 16.6 Å². The lowest BCUT2D eigenvalue weighted by molar-refractivity contribution is 0.206. The zero-order valence-electron chi connectivity index (χ0n) is 7.59. The summed E-state index contributed by atoms with van der Waals surface area (Å²) in [5.41, 5.74) is 4.70. The number of hydrogen-bond donors (Lipinski definition) is 3. The summed E-state index contributed by atoms with van der Waals surface area (Å²) >= 11 is 2.93. The number of phenolic OH excluding ortho intramolecular Hbond substituents is 1. The maximum absolute atomic E-state index is 13.2. The highest BCUT2D eigenvalue weighted by atomic mass is 79.9. The number of hydrogen-bond acceptors (Lipinski definition) is 3. The molecule has 1 aromatic carbocycles. The van der Waals surface area contributed by atoms with Gasteiger partial charge in [-0.05, 0) is 28.9 Å². The van der Waals surface area contributed by atoms with Crippen molar-refractivity contribution in [3.63, 3.8) is 0 Å². The van der Waals surface area contributed by atoms with Crippen molar-refractivity contribution < 1.29 is 14.6 Å². The second-order valence-electron chi connectivity index (χ2n) is 3.33. The fourth-order valence-corrected chi connectivity index (χ4v) is 1.41. The van der Waals surface area contributed by atoms with E-state index in [0.717, 1.165) is 0 Å². The fourth-order valence-electron chi connectivity index (χ4n) is 1.09. The second kappa shape index (κ2) is 3.84. The van der Waals surface area contributed by atoms with Gasteiger partial charge in [0.2, 0.25) is 0 Å². The maximum atomic E-state index is 13.2. The Labute approximate surface area is 89.5 Å². The molecule has 0 radical (unpaired) electrons. The molecule has 5 heteroatoms. The van der Waals surface area contributed by atoms with E-state index in [9.17, 15) is 9.50 Å². The van der Waals surface area contributed by atoms with Crippen molar-refractivity contribution in [3.05, 3.63) is 28.0 Å². The van der Waals surface area contributed by atoms with Crippen molar-refractivity contribution in [2.24, 2.45) is 5.73 Å². The smallest absolute Gasteiger partial charge is 0.179 e. The van der Waals surface area contributed by atoms with Crippen LogP contribution in [0.4, 0.5) is 4.39 Å². The van der Waals surface area contributed by atoms with Crippen LogP contribution in [0.2, 0.25) is 0 Å². The number of phenols is 1. The van der Waals surface area contributed by atoms with Gasteiger partial charge in [-0.1, -0.05) is 6.07 Å². The van der Waals surface area contributed by atoms with Gasteiger partial charge in [0.15, 0.2) is 11.6 Å². The van der Waals surface area contributed by atoms with Crippen LogP contribution in [0.3, 0.4) is 0 Å². The quantitative estimate of drug-likeness (QED) is 0.757. The maximum Gasteiger partial charge on any atom is 0.179 e. The lowest BCUT2D eigenvalue weighted by atomic mass is 9.93. The molecule has 3 nitrogen and oxygen atoms in total. The normalized spacial score (nSPS) is 15.2. The molecule has 1 atom stereocenters. The van der Waals surface area contributed by atoms with Gasteiger partial charge in [-0.3, -0.25) is 0 Å². The van der Waals surface area contributed by atoms with Gasteiger partial charge in [0.25, 0.3) is 0 Å². The number of nitrogens with two attached hydrogens (primary N) is 1. The van der Waals surface area contributed by atoms with E-state index >= 15 is 0 Å². The Morgan fingerprint density at radius 3 is 2.64 bits per heavy atom. The largest absolute Gasteiger partial charge is 0.505 e. The van der Waals surface area contributed by atoms with Crippen molar-refractivity contribution >= 4 is 15.9 Å². The van der Waals surface area contributed by atoms with Crippen molar-refractivity contribution in [2.45, 2.75) is 12.5 Å².